The van der Waals surface area contributed by atoms with E-state index in [0.717, 1.165) is 12.0 Å². The number of carbonyl (C=O) groups is 2. The Balaban J connectivity index is 2.67. The first-order valence-corrected chi connectivity index (χ1v) is 8.90. The maximum Gasteiger partial charge on any atom is 0.242 e. The second-order valence-corrected chi connectivity index (χ2v) is 7.76. The fraction of sp³-hybridized carbons (Fsp3) is 0.600. The van der Waals surface area contributed by atoms with Gasteiger partial charge < -0.3 is 15.5 Å². The minimum absolute atomic E-state index is 0.0837. The van der Waals surface area contributed by atoms with Crippen LogP contribution in [0.4, 0.5) is 0 Å². The second kappa shape index (κ2) is 8.99. The van der Waals surface area contributed by atoms with Crippen molar-refractivity contribution >= 4 is 11.8 Å². The summed E-state index contributed by atoms with van der Waals surface area (Å²) >= 11 is 0. The standard InChI is InChI=1S/C20H33N3O2/c1-8-15-9-11-16(12-10-15)17(23(6)7)13-21-18(24)14(2)22-19(25)20(3,4)5/h9-12,14,17H,8,13H2,1-7H3,(H,21,24)(H,22,25). The van der Waals surface area contributed by atoms with Crippen molar-refractivity contribution in [3.05, 3.63) is 35.4 Å². The van der Waals surface area contributed by atoms with Crippen molar-refractivity contribution in [3.8, 4) is 0 Å². The van der Waals surface area contributed by atoms with E-state index in [9.17, 15) is 9.59 Å². The fourth-order valence-corrected chi connectivity index (χ4v) is 2.40. The van der Waals surface area contributed by atoms with Gasteiger partial charge in [0, 0.05) is 12.0 Å². The van der Waals surface area contributed by atoms with Crippen LogP contribution in [0.1, 0.15) is 51.8 Å². The van der Waals surface area contributed by atoms with Crippen LogP contribution in [-0.4, -0.2) is 43.4 Å². The maximum absolute atomic E-state index is 12.3. The van der Waals surface area contributed by atoms with Gasteiger partial charge in [0.05, 0.1) is 6.04 Å². The summed E-state index contributed by atoms with van der Waals surface area (Å²) in [7, 11) is 3.99. The van der Waals surface area contributed by atoms with Gasteiger partial charge >= 0.3 is 0 Å². The molecule has 140 valence electrons. The molecule has 0 radical (unpaired) electrons. The molecule has 1 rings (SSSR count). The van der Waals surface area contributed by atoms with E-state index < -0.39 is 11.5 Å². The zero-order chi connectivity index (χ0) is 19.2. The first-order valence-electron chi connectivity index (χ1n) is 8.90. The number of hydrogen-bond acceptors (Lipinski definition) is 3. The Morgan fingerprint density at radius 1 is 1.12 bits per heavy atom. The topological polar surface area (TPSA) is 61.4 Å². The molecule has 5 heteroatoms. The first kappa shape index (κ1) is 21.2. The molecule has 2 unspecified atom stereocenters. The average Bonchev–Trinajstić information content (AvgIpc) is 2.54. The Morgan fingerprint density at radius 3 is 2.12 bits per heavy atom. The highest BCUT2D eigenvalue weighted by Gasteiger charge is 2.25. The summed E-state index contributed by atoms with van der Waals surface area (Å²) in [6, 6.07) is 8.00. The van der Waals surface area contributed by atoms with E-state index in [2.05, 4.69) is 46.7 Å². The molecule has 0 aliphatic carbocycles. The number of aryl methyl sites for hydroxylation is 1. The normalized spacial score (nSPS) is 14.1. The van der Waals surface area contributed by atoms with Crippen LogP contribution in [0.2, 0.25) is 0 Å². The van der Waals surface area contributed by atoms with Gasteiger partial charge in [0.25, 0.3) is 0 Å². The molecule has 0 aliphatic rings. The Kier molecular flexibility index (Phi) is 7.61. The number of carbonyl (C=O) groups excluding carboxylic acids is 2. The molecule has 1 aromatic rings. The molecule has 1 aromatic carbocycles. The van der Waals surface area contributed by atoms with Gasteiger partial charge in [-0.25, -0.2) is 0 Å². The summed E-state index contributed by atoms with van der Waals surface area (Å²) in [5.41, 5.74) is 1.94. The highest BCUT2D eigenvalue weighted by Crippen LogP contribution is 2.18. The number of benzene rings is 1. The van der Waals surface area contributed by atoms with Crippen LogP contribution in [0.5, 0.6) is 0 Å². The predicted octanol–water partition coefficient (Wildman–Crippen LogP) is 2.52. The van der Waals surface area contributed by atoms with Crippen LogP contribution < -0.4 is 10.6 Å². The van der Waals surface area contributed by atoms with E-state index in [0.29, 0.717) is 6.54 Å². The number of likely N-dealkylation sites (N-methyl/N-ethyl adjacent to an activating group) is 1. The van der Waals surface area contributed by atoms with Crippen molar-refractivity contribution in [2.75, 3.05) is 20.6 Å². The SMILES string of the molecule is CCc1ccc(C(CNC(=O)C(C)NC(=O)C(C)(C)C)N(C)C)cc1. The van der Waals surface area contributed by atoms with Gasteiger partial charge in [-0.1, -0.05) is 52.0 Å². The summed E-state index contributed by atoms with van der Waals surface area (Å²) in [5, 5.41) is 5.72. The largest absolute Gasteiger partial charge is 0.352 e. The molecule has 0 heterocycles. The number of rotatable bonds is 7. The molecule has 0 aliphatic heterocycles. The van der Waals surface area contributed by atoms with Crippen molar-refractivity contribution < 1.29 is 9.59 Å². The first-order chi connectivity index (χ1) is 11.6. The lowest BCUT2D eigenvalue weighted by atomic mass is 9.95. The summed E-state index contributed by atoms with van der Waals surface area (Å²) in [6.45, 7) is 9.82. The molecule has 2 N–H and O–H groups in total. The molecular formula is C20H33N3O2. The van der Waals surface area contributed by atoms with E-state index in [1.165, 1.54) is 5.56 Å². The number of nitrogens with zero attached hydrogens (tertiary/aromatic N) is 1. The van der Waals surface area contributed by atoms with Gasteiger partial charge in [0.15, 0.2) is 0 Å². The zero-order valence-electron chi connectivity index (χ0n) is 16.6. The summed E-state index contributed by atoms with van der Waals surface area (Å²) in [6.07, 6.45) is 1.01. The molecule has 2 amide bonds. The third kappa shape index (κ3) is 6.50. The van der Waals surface area contributed by atoms with Gasteiger partial charge in [-0.3, -0.25) is 9.59 Å². The Hall–Kier alpha value is -1.88. The third-order valence-corrected chi connectivity index (χ3v) is 4.29. The molecule has 0 aromatic heterocycles. The van der Waals surface area contributed by atoms with Crippen LogP contribution in [0.3, 0.4) is 0 Å². The minimum atomic E-state index is -0.558. The average molecular weight is 348 g/mol. The molecular weight excluding hydrogens is 314 g/mol. The summed E-state index contributed by atoms with van der Waals surface area (Å²) < 4.78 is 0. The second-order valence-electron chi connectivity index (χ2n) is 7.76. The lowest BCUT2D eigenvalue weighted by Gasteiger charge is -2.27. The van der Waals surface area contributed by atoms with Crippen molar-refractivity contribution in [1.29, 1.82) is 0 Å². The van der Waals surface area contributed by atoms with Crippen LogP contribution in [0.15, 0.2) is 24.3 Å². The Morgan fingerprint density at radius 2 is 1.68 bits per heavy atom. The van der Waals surface area contributed by atoms with Gasteiger partial charge in [0.2, 0.25) is 11.8 Å². The van der Waals surface area contributed by atoms with Crippen molar-refractivity contribution in [2.45, 2.75) is 53.1 Å². The monoisotopic (exact) mass is 347 g/mol. The highest BCUT2D eigenvalue weighted by molar-refractivity contribution is 5.89. The minimum Gasteiger partial charge on any atom is -0.352 e. The molecule has 2 atom stereocenters. The number of amides is 2. The lowest BCUT2D eigenvalue weighted by molar-refractivity contribution is -0.133. The smallest absolute Gasteiger partial charge is 0.242 e. The fourth-order valence-electron chi connectivity index (χ4n) is 2.40. The van der Waals surface area contributed by atoms with Gasteiger partial charge in [-0.05, 0) is 38.6 Å². The van der Waals surface area contributed by atoms with Crippen LogP contribution in [-0.2, 0) is 16.0 Å². The van der Waals surface area contributed by atoms with E-state index >= 15 is 0 Å². The predicted molar refractivity (Wildman–Crippen MR) is 102 cm³/mol. The quantitative estimate of drug-likeness (QED) is 0.797. The van der Waals surface area contributed by atoms with Gasteiger partial charge in [0.1, 0.15) is 6.04 Å². The molecule has 0 saturated heterocycles. The van der Waals surface area contributed by atoms with E-state index in [4.69, 9.17) is 0 Å². The van der Waals surface area contributed by atoms with E-state index in [1.807, 2.05) is 34.9 Å². The van der Waals surface area contributed by atoms with Crippen LogP contribution in [0, 0.1) is 5.41 Å². The molecule has 0 bridgehead atoms. The summed E-state index contributed by atoms with van der Waals surface area (Å²) in [4.78, 5) is 26.4. The molecule has 0 saturated carbocycles. The summed E-state index contributed by atoms with van der Waals surface area (Å²) in [5.74, 6) is -0.302. The number of hydrogen-bond donors (Lipinski definition) is 2. The maximum atomic E-state index is 12.3. The number of nitrogens with one attached hydrogen (secondary N) is 2. The Labute approximate surface area is 152 Å². The van der Waals surface area contributed by atoms with E-state index in [-0.39, 0.29) is 17.9 Å². The van der Waals surface area contributed by atoms with Crippen molar-refractivity contribution in [3.63, 3.8) is 0 Å². The van der Waals surface area contributed by atoms with Crippen LogP contribution >= 0.6 is 0 Å². The Bertz CT molecular complexity index is 574. The van der Waals surface area contributed by atoms with E-state index in [1.54, 1.807) is 6.92 Å². The highest BCUT2D eigenvalue weighted by atomic mass is 16.2. The van der Waals surface area contributed by atoms with Gasteiger partial charge in [-0.15, -0.1) is 0 Å². The molecule has 0 fully saturated rings. The van der Waals surface area contributed by atoms with Gasteiger partial charge in [-0.2, -0.15) is 0 Å². The third-order valence-electron chi connectivity index (χ3n) is 4.29. The van der Waals surface area contributed by atoms with Crippen LogP contribution in [0.25, 0.3) is 0 Å². The molecule has 5 nitrogen and oxygen atoms in total. The lowest BCUT2D eigenvalue weighted by Crippen LogP contribution is -2.49. The van der Waals surface area contributed by atoms with Crippen molar-refractivity contribution in [1.82, 2.24) is 15.5 Å². The zero-order valence-corrected chi connectivity index (χ0v) is 16.6. The van der Waals surface area contributed by atoms with Crippen molar-refractivity contribution in [2.24, 2.45) is 5.41 Å². The molecule has 25 heavy (non-hydrogen) atoms. The molecule has 0 spiro atoms.